The van der Waals surface area contributed by atoms with Crippen molar-refractivity contribution in [2.75, 3.05) is 0 Å². The van der Waals surface area contributed by atoms with E-state index in [-0.39, 0.29) is 0 Å². The number of hydrogen-bond donors (Lipinski definition) is 0. The Hall–Kier alpha value is -4.37. The van der Waals surface area contributed by atoms with Gasteiger partial charge in [0.15, 0.2) is 0 Å². The zero-order valence-corrected chi connectivity index (χ0v) is 18.6. The Morgan fingerprint density at radius 2 is 1.21 bits per heavy atom. The Morgan fingerprint density at radius 1 is 0.667 bits per heavy atom. The summed E-state index contributed by atoms with van der Waals surface area (Å²) in [6.07, 6.45) is 3.76. The highest BCUT2D eigenvalue weighted by atomic mass is 14.9. The van der Waals surface area contributed by atoms with Crippen molar-refractivity contribution < 1.29 is 4.57 Å². The molecule has 0 spiro atoms. The van der Waals surface area contributed by atoms with Gasteiger partial charge in [-0.3, -0.25) is 9.98 Å². The van der Waals surface area contributed by atoms with Crippen molar-refractivity contribution in [3.8, 4) is 11.1 Å². The highest BCUT2D eigenvalue weighted by molar-refractivity contribution is 5.92. The molecule has 0 saturated carbocycles. The van der Waals surface area contributed by atoms with Crippen LogP contribution >= 0.6 is 0 Å². The third-order valence-electron chi connectivity index (χ3n) is 6.00. The first-order valence-corrected chi connectivity index (χ1v) is 10.8. The van der Waals surface area contributed by atoms with Gasteiger partial charge < -0.3 is 0 Å². The monoisotopic (exact) mass is 426 g/mol. The molecule has 0 N–H and O–H groups in total. The average molecular weight is 427 g/mol. The molecule has 3 heteroatoms. The Morgan fingerprint density at radius 3 is 1.79 bits per heavy atom. The Labute approximate surface area is 193 Å². The summed E-state index contributed by atoms with van der Waals surface area (Å²) in [5.41, 5.74) is 8.57. The molecule has 5 rings (SSSR count). The van der Waals surface area contributed by atoms with Crippen molar-refractivity contribution in [2.45, 2.75) is 0 Å². The van der Waals surface area contributed by atoms with E-state index >= 15 is 0 Å². The van der Waals surface area contributed by atoms with Crippen LogP contribution in [0, 0.1) is 0 Å². The lowest BCUT2D eigenvalue weighted by Gasteiger charge is -2.04. The number of fused-ring (bicyclic) bond motifs is 2. The molecule has 5 aromatic rings. The minimum Gasteiger partial charge on any atom is -0.264 e. The fraction of sp³-hybridized carbons (Fsp3) is 0.0333. The van der Waals surface area contributed by atoms with Crippen molar-refractivity contribution in [1.29, 1.82) is 0 Å². The van der Waals surface area contributed by atoms with E-state index in [0.717, 1.165) is 33.5 Å². The average Bonchev–Trinajstić information content (AvgIpc) is 2.88. The normalized spacial score (nSPS) is 11.3. The summed E-state index contributed by atoms with van der Waals surface area (Å²) in [6, 6.07) is 31.5. The summed E-state index contributed by atoms with van der Waals surface area (Å²) >= 11 is 0. The largest absolute Gasteiger partial charge is 0.264 e. The Bertz CT molecular complexity index is 1530. The molecule has 0 radical (unpaired) electrons. The molecule has 0 fully saturated rings. The first kappa shape index (κ1) is 20.5. The number of aromatic nitrogens is 1. The van der Waals surface area contributed by atoms with Gasteiger partial charge in [0.25, 0.3) is 0 Å². The van der Waals surface area contributed by atoms with Gasteiger partial charge in [-0.25, -0.2) is 0 Å². The summed E-state index contributed by atoms with van der Waals surface area (Å²) in [5, 5.41) is 2.35. The van der Waals surface area contributed by atoms with Crippen molar-refractivity contribution in [3.05, 3.63) is 109 Å². The molecule has 0 atom stereocenters. The molecule has 1 aromatic heterocycles. The SMILES string of the molecule is C=Cc1ccc(-c2ccc(C=Nc3ccc4cc5ccc(N=C)cc5[n+](C)c4c3)cc2)cc1. The second kappa shape index (κ2) is 8.64. The molecular formula is C30H24N3+. The molecule has 158 valence electrons. The topological polar surface area (TPSA) is 28.6 Å². The maximum atomic E-state index is 4.73. The lowest BCUT2D eigenvalue weighted by molar-refractivity contribution is -0.617. The van der Waals surface area contributed by atoms with Crippen molar-refractivity contribution in [3.63, 3.8) is 0 Å². The summed E-state index contributed by atoms with van der Waals surface area (Å²) < 4.78 is 2.19. The van der Waals surface area contributed by atoms with E-state index in [1.54, 1.807) is 0 Å². The molecule has 0 saturated heterocycles. The molecular weight excluding hydrogens is 402 g/mol. The van der Waals surface area contributed by atoms with Crippen LogP contribution in [-0.2, 0) is 7.05 Å². The Balaban J connectivity index is 1.43. The highest BCUT2D eigenvalue weighted by Crippen LogP contribution is 2.25. The van der Waals surface area contributed by atoms with E-state index < -0.39 is 0 Å². The summed E-state index contributed by atoms with van der Waals surface area (Å²) in [6.45, 7) is 7.45. The van der Waals surface area contributed by atoms with E-state index in [9.17, 15) is 0 Å². The van der Waals surface area contributed by atoms with Crippen LogP contribution in [0.1, 0.15) is 11.1 Å². The van der Waals surface area contributed by atoms with Gasteiger partial charge in [-0.05, 0) is 59.3 Å². The van der Waals surface area contributed by atoms with Gasteiger partial charge in [0.05, 0.1) is 11.4 Å². The lowest BCUT2D eigenvalue weighted by atomic mass is 10.0. The molecule has 4 aromatic carbocycles. The van der Waals surface area contributed by atoms with Crippen LogP contribution in [0.5, 0.6) is 0 Å². The van der Waals surface area contributed by atoms with Gasteiger partial charge in [-0.1, -0.05) is 61.2 Å². The predicted octanol–water partition coefficient (Wildman–Crippen LogP) is 7.21. The fourth-order valence-electron chi connectivity index (χ4n) is 4.09. The first-order chi connectivity index (χ1) is 16.1. The third-order valence-corrected chi connectivity index (χ3v) is 6.00. The summed E-state index contributed by atoms with van der Waals surface area (Å²) in [4.78, 5) is 8.79. The molecule has 0 bridgehead atoms. The second-order valence-corrected chi connectivity index (χ2v) is 8.05. The number of aliphatic imine (C=N–C) groups is 2. The van der Waals surface area contributed by atoms with Crippen LogP contribution in [0.3, 0.4) is 0 Å². The second-order valence-electron chi connectivity index (χ2n) is 8.05. The number of benzene rings is 4. The predicted molar refractivity (Wildman–Crippen MR) is 141 cm³/mol. The van der Waals surface area contributed by atoms with Crippen molar-refractivity contribution in [2.24, 2.45) is 17.0 Å². The van der Waals surface area contributed by atoms with Gasteiger partial charge in [-0.2, -0.15) is 4.57 Å². The quantitative estimate of drug-likeness (QED) is 0.161. The first-order valence-electron chi connectivity index (χ1n) is 10.8. The van der Waals surface area contributed by atoms with E-state index in [4.69, 9.17) is 4.99 Å². The number of aryl methyl sites for hydroxylation is 1. The summed E-state index contributed by atoms with van der Waals surface area (Å²) in [7, 11) is 2.07. The highest BCUT2D eigenvalue weighted by Gasteiger charge is 2.12. The molecule has 3 nitrogen and oxygen atoms in total. The number of hydrogen-bond acceptors (Lipinski definition) is 2. The minimum atomic E-state index is 0.867. The zero-order valence-electron chi connectivity index (χ0n) is 18.6. The maximum absolute atomic E-state index is 4.73. The van der Waals surface area contributed by atoms with Gasteiger partial charge in [0, 0.05) is 29.1 Å². The molecule has 0 aliphatic carbocycles. The molecule has 0 amide bonds. The van der Waals surface area contributed by atoms with Crippen LogP contribution in [0.25, 0.3) is 39.0 Å². The molecule has 1 heterocycles. The van der Waals surface area contributed by atoms with E-state index in [1.165, 1.54) is 21.9 Å². The molecule has 33 heavy (non-hydrogen) atoms. The third kappa shape index (κ3) is 4.09. The number of pyridine rings is 1. The van der Waals surface area contributed by atoms with Gasteiger partial charge >= 0.3 is 0 Å². The van der Waals surface area contributed by atoms with Crippen LogP contribution in [0.15, 0.2) is 108 Å². The van der Waals surface area contributed by atoms with Crippen LogP contribution < -0.4 is 4.57 Å². The van der Waals surface area contributed by atoms with E-state index in [0.29, 0.717) is 0 Å². The number of nitrogens with zero attached hydrogens (tertiary/aromatic N) is 3. The molecule has 0 aliphatic rings. The minimum absolute atomic E-state index is 0.867. The van der Waals surface area contributed by atoms with Crippen LogP contribution in [0.2, 0.25) is 0 Å². The van der Waals surface area contributed by atoms with E-state index in [1.807, 2.05) is 18.4 Å². The smallest absolute Gasteiger partial charge is 0.214 e. The van der Waals surface area contributed by atoms with Crippen LogP contribution in [-0.4, -0.2) is 12.9 Å². The van der Waals surface area contributed by atoms with E-state index in [2.05, 4.69) is 115 Å². The van der Waals surface area contributed by atoms with Gasteiger partial charge in [0.1, 0.15) is 7.05 Å². The van der Waals surface area contributed by atoms with Gasteiger partial charge in [0.2, 0.25) is 11.0 Å². The standard InChI is InChI=1S/C30H24N3/c1-4-21-5-9-23(10-6-21)24-11-7-22(8-12-24)20-32-28-16-14-26-17-25-13-15-27(31-2)18-29(25)33(3)30(26)19-28/h4-20H,1-2H2,3H3/q+1. The zero-order chi connectivity index (χ0) is 22.8. The maximum Gasteiger partial charge on any atom is 0.214 e. The molecule has 0 unspecified atom stereocenters. The summed E-state index contributed by atoms with van der Waals surface area (Å²) in [5.74, 6) is 0. The van der Waals surface area contributed by atoms with Crippen LogP contribution in [0.4, 0.5) is 11.4 Å². The lowest BCUT2D eigenvalue weighted by Crippen LogP contribution is -2.29. The molecule has 0 aliphatic heterocycles. The fourth-order valence-corrected chi connectivity index (χ4v) is 4.09. The van der Waals surface area contributed by atoms with Crippen molar-refractivity contribution in [1.82, 2.24) is 0 Å². The Kier molecular flexibility index (Phi) is 5.37. The number of rotatable bonds is 5. The van der Waals surface area contributed by atoms with Gasteiger partial charge in [-0.15, -0.1) is 0 Å². The van der Waals surface area contributed by atoms with Crippen molar-refractivity contribution >= 4 is 52.2 Å².